The zero-order valence-corrected chi connectivity index (χ0v) is 23.8. The van der Waals surface area contributed by atoms with Crippen molar-refractivity contribution in [1.82, 2.24) is 19.8 Å². The van der Waals surface area contributed by atoms with Gasteiger partial charge in [-0.25, -0.2) is 9.78 Å². The fourth-order valence-electron chi connectivity index (χ4n) is 6.46. The summed E-state index contributed by atoms with van der Waals surface area (Å²) < 4.78 is 1.79. The monoisotopic (exact) mass is 553 g/mol. The Morgan fingerprint density at radius 1 is 1.07 bits per heavy atom. The van der Waals surface area contributed by atoms with Crippen LogP contribution in [0.5, 0.6) is 0 Å². The van der Waals surface area contributed by atoms with E-state index in [2.05, 4.69) is 27.3 Å². The number of hydrogen-bond donors (Lipinski definition) is 2. The summed E-state index contributed by atoms with van der Waals surface area (Å²) in [7, 11) is 1.41. The van der Waals surface area contributed by atoms with Gasteiger partial charge >= 0.3 is 5.97 Å². The fourth-order valence-corrected chi connectivity index (χ4v) is 6.46. The number of rotatable bonds is 9. The van der Waals surface area contributed by atoms with Crippen LogP contribution in [0.15, 0.2) is 34.2 Å². The van der Waals surface area contributed by atoms with E-state index < -0.39 is 24.0 Å². The number of likely N-dealkylation sites (N-methyl/N-ethyl adjacent to an activating group) is 1. The molecule has 40 heavy (non-hydrogen) atoms. The largest absolute Gasteiger partial charge is 0.479 e. The highest BCUT2D eigenvalue weighted by Gasteiger charge is 2.35. The van der Waals surface area contributed by atoms with E-state index in [1.807, 2.05) is 24.3 Å². The third kappa shape index (κ3) is 7.08. The number of nitrogens with one attached hydrogen (secondary N) is 1. The number of amides is 1. The molecule has 1 amide bonds. The standard InChI is InChI=1S/C30H43N5O5/c1-3-12-22-19-23(17-18-34(22)21-13-8-6-4-5-7-9-14-21)35-25-16-11-10-15-24(25)32-28(30(35)39)27(29(38)31-2)33-40-20-26(36)37/h10-11,15-16,21-23H,3-9,12-14,17-20H2,1-2H3,(H,31,38)(H,36,37)/b33-27-/t22-,23-/m1/s1. The topological polar surface area (TPSA) is 126 Å². The summed E-state index contributed by atoms with van der Waals surface area (Å²) in [5.74, 6) is -1.91. The molecule has 1 aromatic heterocycles. The number of carboxylic acids is 1. The molecule has 0 spiro atoms. The molecule has 4 rings (SSSR count). The maximum absolute atomic E-state index is 14.1. The first-order chi connectivity index (χ1) is 19.4. The van der Waals surface area contributed by atoms with Gasteiger partial charge in [0.25, 0.3) is 11.5 Å². The minimum atomic E-state index is -1.24. The van der Waals surface area contributed by atoms with Gasteiger partial charge in [-0.05, 0) is 44.2 Å². The van der Waals surface area contributed by atoms with E-state index in [1.165, 1.54) is 58.4 Å². The van der Waals surface area contributed by atoms with Gasteiger partial charge in [0.15, 0.2) is 11.4 Å². The van der Waals surface area contributed by atoms with Crippen LogP contribution in [0.3, 0.4) is 0 Å². The number of nitrogens with zero attached hydrogens (tertiary/aromatic N) is 4. The van der Waals surface area contributed by atoms with Gasteiger partial charge in [-0.3, -0.25) is 14.5 Å². The third-order valence-corrected chi connectivity index (χ3v) is 8.32. The van der Waals surface area contributed by atoms with Gasteiger partial charge in [0.1, 0.15) is 0 Å². The highest BCUT2D eigenvalue weighted by molar-refractivity contribution is 6.44. The smallest absolute Gasteiger partial charge is 0.344 e. The number of hydrogen-bond acceptors (Lipinski definition) is 7. The van der Waals surface area contributed by atoms with E-state index in [-0.39, 0.29) is 17.4 Å². The molecule has 2 heterocycles. The van der Waals surface area contributed by atoms with Crippen LogP contribution < -0.4 is 10.9 Å². The number of aliphatic carboxylic acids is 1. The van der Waals surface area contributed by atoms with Crippen LogP contribution in [0, 0.1) is 0 Å². The van der Waals surface area contributed by atoms with Crippen molar-refractivity contribution < 1.29 is 19.5 Å². The van der Waals surface area contributed by atoms with Crippen molar-refractivity contribution in [2.45, 2.75) is 102 Å². The molecule has 1 aliphatic carbocycles. The molecular formula is C30H43N5O5. The number of aromatic nitrogens is 2. The van der Waals surface area contributed by atoms with E-state index in [1.54, 1.807) is 4.57 Å². The van der Waals surface area contributed by atoms with Crippen molar-refractivity contribution in [2.75, 3.05) is 20.2 Å². The summed E-state index contributed by atoms with van der Waals surface area (Å²) >= 11 is 0. The average Bonchev–Trinajstić information content (AvgIpc) is 3.09. The summed E-state index contributed by atoms with van der Waals surface area (Å²) in [5.41, 5.74) is 0.388. The second-order valence-corrected chi connectivity index (χ2v) is 11.0. The lowest BCUT2D eigenvalue weighted by Crippen LogP contribution is -2.50. The number of oxime groups is 1. The summed E-state index contributed by atoms with van der Waals surface area (Å²) in [4.78, 5) is 49.9. The van der Waals surface area contributed by atoms with Gasteiger partial charge in [0.05, 0.1) is 11.0 Å². The third-order valence-electron chi connectivity index (χ3n) is 8.32. The van der Waals surface area contributed by atoms with Crippen molar-refractivity contribution in [3.05, 3.63) is 40.3 Å². The Morgan fingerprint density at radius 2 is 1.77 bits per heavy atom. The minimum Gasteiger partial charge on any atom is -0.479 e. The Bertz CT molecular complexity index is 1250. The lowest BCUT2D eigenvalue weighted by Gasteiger charge is -2.45. The highest BCUT2D eigenvalue weighted by Crippen LogP contribution is 2.34. The predicted molar refractivity (Wildman–Crippen MR) is 155 cm³/mol. The van der Waals surface area contributed by atoms with Gasteiger partial charge in [0.2, 0.25) is 6.61 Å². The molecule has 10 nitrogen and oxygen atoms in total. The van der Waals surface area contributed by atoms with Crippen LogP contribution in [0.4, 0.5) is 0 Å². The van der Waals surface area contributed by atoms with Crippen LogP contribution in [-0.2, 0) is 14.4 Å². The number of fused-ring (bicyclic) bond motifs is 1. The molecule has 0 unspecified atom stereocenters. The summed E-state index contributed by atoms with van der Waals surface area (Å²) in [6.45, 7) is 2.41. The zero-order chi connectivity index (χ0) is 28.5. The molecular weight excluding hydrogens is 510 g/mol. The molecule has 1 saturated carbocycles. The van der Waals surface area contributed by atoms with Crippen molar-refractivity contribution in [3.8, 4) is 0 Å². The molecule has 1 saturated heterocycles. The van der Waals surface area contributed by atoms with Crippen LogP contribution in [0.25, 0.3) is 11.0 Å². The van der Waals surface area contributed by atoms with Crippen molar-refractivity contribution in [1.29, 1.82) is 0 Å². The van der Waals surface area contributed by atoms with Crippen LogP contribution in [0.1, 0.15) is 95.7 Å². The molecule has 0 bridgehead atoms. The molecule has 2 N–H and O–H groups in total. The normalized spacial score (nSPS) is 21.8. The van der Waals surface area contributed by atoms with Crippen molar-refractivity contribution in [2.24, 2.45) is 5.16 Å². The van der Waals surface area contributed by atoms with Gasteiger partial charge in [-0.2, -0.15) is 0 Å². The molecule has 2 atom stereocenters. The molecule has 10 heteroatoms. The fraction of sp³-hybridized carbons (Fsp3) is 0.633. The summed E-state index contributed by atoms with van der Waals surface area (Å²) in [6, 6.07) is 8.34. The molecule has 0 radical (unpaired) electrons. The lowest BCUT2D eigenvalue weighted by molar-refractivity contribution is -0.142. The number of likely N-dealkylation sites (tertiary alicyclic amines) is 1. The number of benzene rings is 1. The first kappa shape index (κ1) is 29.7. The van der Waals surface area contributed by atoms with Gasteiger partial charge in [-0.15, -0.1) is 0 Å². The molecule has 1 aliphatic heterocycles. The van der Waals surface area contributed by atoms with Crippen molar-refractivity contribution in [3.63, 3.8) is 0 Å². The predicted octanol–water partition coefficient (Wildman–Crippen LogP) is 4.26. The molecule has 218 valence electrons. The second-order valence-electron chi connectivity index (χ2n) is 11.0. The Morgan fingerprint density at radius 3 is 2.45 bits per heavy atom. The second kappa shape index (κ2) is 14.4. The van der Waals surface area contributed by atoms with E-state index >= 15 is 0 Å². The lowest BCUT2D eigenvalue weighted by atomic mass is 9.89. The van der Waals surface area contributed by atoms with Gasteiger partial charge in [-0.1, -0.05) is 69.2 Å². The summed E-state index contributed by atoms with van der Waals surface area (Å²) in [5, 5.41) is 15.2. The number of piperidine rings is 1. The molecule has 2 fully saturated rings. The molecule has 2 aromatic rings. The SMILES string of the molecule is CCC[C@@H]1C[C@H](n2c(=O)c(/C(=N/OCC(=O)O)C(=O)NC)nc3ccccc32)CCN1C1CCCCCCCC1. The van der Waals surface area contributed by atoms with Gasteiger partial charge in [0, 0.05) is 31.7 Å². The van der Waals surface area contributed by atoms with E-state index in [0.717, 1.165) is 37.7 Å². The van der Waals surface area contributed by atoms with E-state index in [4.69, 9.17) is 9.94 Å². The minimum absolute atomic E-state index is 0.0610. The quantitative estimate of drug-likeness (QED) is 0.351. The van der Waals surface area contributed by atoms with Crippen molar-refractivity contribution >= 4 is 28.6 Å². The Kier molecular flexibility index (Phi) is 10.7. The van der Waals surface area contributed by atoms with Crippen LogP contribution in [0.2, 0.25) is 0 Å². The molecule has 2 aliphatic rings. The average molecular weight is 554 g/mol. The Balaban J connectivity index is 1.71. The zero-order valence-electron chi connectivity index (χ0n) is 23.8. The number of para-hydroxylation sites is 2. The first-order valence-electron chi connectivity index (χ1n) is 14.9. The Hall–Kier alpha value is -3.27. The van der Waals surface area contributed by atoms with E-state index in [0.29, 0.717) is 17.6 Å². The maximum Gasteiger partial charge on any atom is 0.344 e. The number of carboxylic acid groups (broad SMARTS) is 1. The highest BCUT2D eigenvalue weighted by atomic mass is 16.6. The van der Waals surface area contributed by atoms with Crippen LogP contribution in [-0.4, -0.2) is 69.4 Å². The summed E-state index contributed by atoms with van der Waals surface area (Å²) in [6.07, 6.45) is 14.2. The van der Waals surface area contributed by atoms with E-state index in [9.17, 15) is 14.4 Å². The maximum atomic E-state index is 14.1. The first-order valence-corrected chi connectivity index (χ1v) is 14.9. The van der Waals surface area contributed by atoms with Gasteiger partial charge < -0.3 is 19.8 Å². The Labute approximate surface area is 235 Å². The van der Waals surface area contributed by atoms with Crippen LogP contribution >= 0.6 is 0 Å². The molecule has 1 aromatic carbocycles. The number of carbonyl (C=O) groups is 2. The number of carbonyl (C=O) groups excluding carboxylic acids is 1.